The zero-order valence-electron chi connectivity index (χ0n) is 24.7. The van der Waals surface area contributed by atoms with E-state index in [9.17, 15) is 19.2 Å². The van der Waals surface area contributed by atoms with Crippen LogP contribution < -0.4 is 16.1 Å². The van der Waals surface area contributed by atoms with E-state index in [1.165, 1.54) is 5.01 Å². The molecule has 2 aliphatic rings. The number of cyclic esters (lactones) is 2. The van der Waals surface area contributed by atoms with Crippen LogP contribution in [0.4, 0.5) is 4.79 Å². The monoisotopic (exact) mass is 579 g/mol. The minimum absolute atomic E-state index is 0.170. The Labute approximate surface area is 246 Å². The Kier molecular flexibility index (Phi) is 10.5. The normalized spacial score (nSPS) is 25.4. The SMILES string of the molecule is CC1NC(=O)C(C(C)C)OC(=O)OCCCCC=Cc2ccc3ccc(nc3c2)C(C)NC(=O)C2CCCN(N2)C1=O. The Morgan fingerprint density at radius 1 is 0.952 bits per heavy atom. The van der Waals surface area contributed by atoms with E-state index in [0.29, 0.717) is 25.8 Å². The van der Waals surface area contributed by atoms with Gasteiger partial charge in [-0.25, -0.2) is 10.2 Å². The third-order valence-electron chi connectivity index (χ3n) is 7.42. The lowest BCUT2D eigenvalue weighted by molar-refractivity contribution is -0.145. The molecule has 1 fully saturated rings. The van der Waals surface area contributed by atoms with E-state index in [1.54, 1.807) is 20.8 Å². The van der Waals surface area contributed by atoms with Gasteiger partial charge in [-0.3, -0.25) is 24.4 Å². The molecule has 0 radical (unpaired) electrons. The number of benzene rings is 1. The fraction of sp³-hybridized carbons (Fsp3) is 0.516. The Hall–Kier alpha value is -3.99. The summed E-state index contributed by atoms with van der Waals surface area (Å²) in [6.45, 7) is 7.48. The Morgan fingerprint density at radius 2 is 1.71 bits per heavy atom. The van der Waals surface area contributed by atoms with Gasteiger partial charge < -0.3 is 20.1 Å². The maximum atomic E-state index is 13.2. The molecule has 0 spiro atoms. The lowest BCUT2D eigenvalue weighted by Crippen LogP contribution is -2.61. The zero-order valence-corrected chi connectivity index (χ0v) is 24.7. The van der Waals surface area contributed by atoms with Crippen molar-refractivity contribution in [1.82, 2.24) is 26.1 Å². The molecule has 4 rings (SSSR count). The second kappa shape index (κ2) is 14.3. The topological polar surface area (TPSA) is 139 Å². The number of nitrogens with zero attached hydrogens (tertiary/aromatic N) is 2. The first-order chi connectivity index (χ1) is 20.1. The van der Waals surface area contributed by atoms with Crippen molar-refractivity contribution in [3.8, 4) is 0 Å². The molecule has 2 aromatic rings. The number of pyridine rings is 1. The molecule has 11 nitrogen and oxygen atoms in total. The molecule has 2 aliphatic heterocycles. The lowest BCUT2D eigenvalue weighted by Gasteiger charge is -2.35. The highest BCUT2D eigenvalue weighted by Gasteiger charge is 2.34. The summed E-state index contributed by atoms with van der Waals surface area (Å²) in [7, 11) is 0. The van der Waals surface area contributed by atoms with Crippen LogP contribution in [0.1, 0.15) is 77.1 Å². The summed E-state index contributed by atoms with van der Waals surface area (Å²) in [5.74, 6) is -1.57. The molecule has 5 bridgehead atoms. The largest absolute Gasteiger partial charge is 0.509 e. The number of fused-ring (bicyclic) bond motifs is 4. The smallest absolute Gasteiger partial charge is 0.434 e. The molecule has 1 aromatic carbocycles. The van der Waals surface area contributed by atoms with Crippen LogP contribution in [0.3, 0.4) is 0 Å². The number of rotatable bonds is 1. The van der Waals surface area contributed by atoms with Crippen LogP contribution in [0.15, 0.2) is 36.4 Å². The van der Waals surface area contributed by atoms with Gasteiger partial charge in [0.15, 0.2) is 6.10 Å². The zero-order chi connectivity index (χ0) is 30.2. The molecule has 0 aliphatic carbocycles. The molecule has 3 N–H and O–H groups in total. The number of allylic oxidation sites excluding steroid dienone is 1. The summed E-state index contributed by atoms with van der Waals surface area (Å²) in [4.78, 5) is 56.4. The average Bonchev–Trinajstić information content (AvgIpc) is 2.97. The summed E-state index contributed by atoms with van der Waals surface area (Å²) >= 11 is 0. The standard InChI is InChI=1S/C31H41N5O6/c1-19(2)27-29(38)33-21(4)30(39)36-16-9-11-25(35-36)28(37)32-20(3)24-15-14-23-13-12-22(18-26(23)34-24)10-7-5-6-8-17-41-31(40)42-27/h7,10,12-15,18-21,25,27,35H,5-6,8-9,11,16-17H2,1-4H3,(H,32,37)(H,33,38). The van der Waals surface area contributed by atoms with Gasteiger partial charge in [-0.05, 0) is 69.6 Å². The second-order valence-corrected chi connectivity index (χ2v) is 11.2. The minimum atomic E-state index is -1.12. The van der Waals surface area contributed by atoms with Crippen molar-refractivity contribution in [2.24, 2.45) is 5.92 Å². The summed E-state index contributed by atoms with van der Waals surface area (Å²) < 4.78 is 10.5. The lowest BCUT2D eigenvalue weighted by atomic mass is 10.1. The Morgan fingerprint density at radius 3 is 2.50 bits per heavy atom. The van der Waals surface area contributed by atoms with Crippen molar-refractivity contribution in [3.63, 3.8) is 0 Å². The summed E-state index contributed by atoms with van der Waals surface area (Å²) in [6, 6.07) is 8.07. The van der Waals surface area contributed by atoms with E-state index in [2.05, 4.69) is 22.1 Å². The Bertz CT molecular complexity index is 1330. The van der Waals surface area contributed by atoms with E-state index >= 15 is 0 Å². The number of hydrogen-bond acceptors (Lipinski definition) is 8. The van der Waals surface area contributed by atoms with Crippen molar-refractivity contribution in [2.75, 3.05) is 13.2 Å². The van der Waals surface area contributed by atoms with Gasteiger partial charge in [0.05, 0.1) is 23.9 Å². The van der Waals surface area contributed by atoms with Gasteiger partial charge in [0, 0.05) is 11.9 Å². The molecule has 11 heteroatoms. The third-order valence-corrected chi connectivity index (χ3v) is 7.42. The quantitative estimate of drug-likeness (QED) is 0.434. The summed E-state index contributed by atoms with van der Waals surface area (Å²) in [5.41, 5.74) is 5.59. The molecule has 226 valence electrons. The number of carbonyl (C=O) groups is 4. The first kappa shape index (κ1) is 31.0. The van der Waals surface area contributed by atoms with Crippen LogP contribution in [0.25, 0.3) is 17.0 Å². The molecular weight excluding hydrogens is 538 g/mol. The number of aromatic nitrogens is 1. The van der Waals surface area contributed by atoms with Gasteiger partial charge in [-0.2, -0.15) is 0 Å². The highest BCUT2D eigenvalue weighted by Crippen LogP contribution is 2.20. The van der Waals surface area contributed by atoms with Crippen molar-refractivity contribution in [2.45, 2.75) is 84.0 Å². The first-order valence-electron chi connectivity index (χ1n) is 14.7. The molecule has 4 unspecified atom stereocenters. The maximum absolute atomic E-state index is 13.2. The summed E-state index contributed by atoms with van der Waals surface area (Å²) in [5, 5.41) is 8.04. The average molecular weight is 580 g/mol. The van der Waals surface area contributed by atoms with E-state index in [1.807, 2.05) is 43.3 Å². The molecule has 4 atom stereocenters. The number of hydrogen-bond donors (Lipinski definition) is 3. The van der Waals surface area contributed by atoms with Crippen molar-refractivity contribution in [1.29, 1.82) is 0 Å². The van der Waals surface area contributed by atoms with E-state index in [4.69, 9.17) is 14.5 Å². The van der Waals surface area contributed by atoms with Gasteiger partial charge in [-0.15, -0.1) is 0 Å². The van der Waals surface area contributed by atoms with Crippen LogP contribution in [-0.4, -0.2) is 65.2 Å². The second-order valence-electron chi connectivity index (χ2n) is 11.2. The molecule has 42 heavy (non-hydrogen) atoms. The van der Waals surface area contributed by atoms with Gasteiger partial charge in [0.25, 0.3) is 11.8 Å². The number of nitrogens with one attached hydrogen (secondary N) is 3. The highest BCUT2D eigenvalue weighted by atomic mass is 16.7. The highest BCUT2D eigenvalue weighted by molar-refractivity contribution is 5.90. The molecule has 1 saturated heterocycles. The summed E-state index contributed by atoms with van der Waals surface area (Å²) in [6.07, 6.45) is 5.45. The molecular formula is C31H41N5O6. The minimum Gasteiger partial charge on any atom is -0.434 e. The number of ether oxygens (including phenoxy) is 2. The molecule has 1 aromatic heterocycles. The van der Waals surface area contributed by atoms with Crippen LogP contribution in [0.5, 0.6) is 0 Å². The Balaban J connectivity index is 1.53. The van der Waals surface area contributed by atoms with Crippen molar-refractivity contribution in [3.05, 3.63) is 47.7 Å². The van der Waals surface area contributed by atoms with Crippen LogP contribution in [-0.2, 0) is 23.9 Å². The number of carbonyl (C=O) groups excluding carboxylic acids is 4. The van der Waals surface area contributed by atoms with Gasteiger partial charge in [0.1, 0.15) is 12.1 Å². The van der Waals surface area contributed by atoms with E-state index < -0.39 is 36.2 Å². The molecule has 3 heterocycles. The van der Waals surface area contributed by atoms with E-state index in [0.717, 1.165) is 35.0 Å². The van der Waals surface area contributed by atoms with Crippen LogP contribution >= 0.6 is 0 Å². The predicted octanol–water partition coefficient (Wildman–Crippen LogP) is 3.79. The van der Waals surface area contributed by atoms with Crippen molar-refractivity contribution < 1.29 is 28.7 Å². The van der Waals surface area contributed by atoms with Gasteiger partial charge in [-0.1, -0.05) is 44.2 Å². The fourth-order valence-corrected chi connectivity index (χ4v) is 4.98. The number of hydrazine groups is 1. The predicted molar refractivity (Wildman–Crippen MR) is 158 cm³/mol. The van der Waals surface area contributed by atoms with Crippen LogP contribution in [0.2, 0.25) is 0 Å². The third kappa shape index (κ3) is 8.06. The van der Waals surface area contributed by atoms with Crippen molar-refractivity contribution >= 4 is 40.9 Å². The molecule has 3 amide bonds. The van der Waals surface area contributed by atoms with Gasteiger partial charge in [0.2, 0.25) is 5.91 Å². The van der Waals surface area contributed by atoms with Gasteiger partial charge >= 0.3 is 6.16 Å². The fourth-order valence-electron chi connectivity index (χ4n) is 4.98. The molecule has 0 saturated carbocycles. The van der Waals surface area contributed by atoms with E-state index in [-0.39, 0.29) is 24.5 Å². The first-order valence-corrected chi connectivity index (χ1v) is 14.7. The maximum Gasteiger partial charge on any atom is 0.509 e. The number of amides is 3. The van der Waals surface area contributed by atoms with Crippen LogP contribution in [0, 0.1) is 5.92 Å².